The van der Waals surface area contributed by atoms with Gasteiger partial charge >= 0.3 is 0 Å². The fourth-order valence-corrected chi connectivity index (χ4v) is 4.24. The Balaban J connectivity index is 1.73. The topological polar surface area (TPSA) is 51.0 Å². The zero-order valence-corrected chi connectivity index (χ0v) is 16.1. The maximum absolute atomic E-state index is 13.1. The molecule has 26 heavy (non-hydrogen) atoms. The van der Waals surface area contributed by atoms with Crippen LogP contribution in [-0.2, 0) is 17.9 Å². The van der Waals surface area contributed by atoms with Crippen molar-refractivity contribution in [2.75, 3.05) is 6.54 Å². The second-order valence-corrected chi connectivity index (χ2v) is 7.89. The lowest BCUT2D eigenvalue weighted by molar-refractivity contribution is -0.131. The first kappa shape index (κ1) is 18.9. The summed E-state index contributed by atoms with van der Waals surface area (Å²) in [4.78, 5) is 14.2. The fraction of sp³-hybridized carbons (Fsp3) is 0.526. The van der Waals surface area contributed by atoms with E-state index in [1.54, 1.807) is 23.9 Å². The van der Waals surface area contributed by atoms with Crippen LogP contribution in [0.2, 0.25) is 0 Å². The molecule has 140 valence electrons. The quantitative estimate of drug-likeness (QED) is 0.709. The molecule has 1 aliphatic rings. The summed E-state index contributed by atoms with van der Waals surface area (Å²) in [6.45, 7) is 6.20. The summed E-state index contributed by atoms with van der Waals surface area (Å²) in [6, 6.07) is 6.56. The maximum atomic E-state index is 13.1. The smallest absolute Gasteiger partial charge is 0.222 e. The van der Waals surface area contributed by atoms with Crippen molar-refractivity contribution in [1.29, 1.82) is 0 Å². The Kier molecular flexibility index (Phi) is 6.29. The molecule has 1 aromatic heterocycles. The van der Waals surface area contributed by atoms with Crippen LogP contribution in [0.5, 0.6) is 0 Å². The van der Waals surface area contributed by atoms with Gasteiger partial charge in [-0.1, -0.05) is 30.3 Å². The van der Waals surface area contributed by atoms with Crippen molar-refractivity contribution < 1.29 is 9.18 Å². The van der Waals surface area contributed by atoms with E-state index in [1.165, 1.54) is 12.1 Å². The molecular weight excluding hydrogens is 351 g/mol. The Hall–Kier alpha value is -1.89. The van der Waals surface area contributed by atoms with Crippen LogP contribution in [0.4, 0.5) is 4.39 Å². The number of carbonyl (C=O) groups is 1. The third-order valence-electron chi connectivity index (χ3n) is 4.73. The molecule has 2 heterocycles. The van der Waals surface area contributed by atoms with E-state index in [4.69, 9.17) is 0 Å². The average molecular weight is 377 g/mol. The van der Waals surface area contributed by atoms with E-state index in [0.29, 0.717) is 13.0 Å². The maximum Gasteiger partial charge on any atom is 0.222 e. The molecule has 5 nitrogen and oxygen atoms in total. The second-order valence-electron chi connectivity index (χ2n) is 6.58. The molecule has 1 fully saturated rings. The SMILES string of the molecule is CCn1c(CN2CCCCCC2=O)nnc1SC(C)c1ccc(F)cc1. The number of benzene rings is 1. The van der Waals surface area contributed by atoms with E-state index in [9.17, 15) is 9.18 Å². The van der Waals surface area contributed by atoms with E-state index in [0.717, 1.165) is 48.9 Å². The first-order chi connectivity index (χ1) is 12.6. The molecule has 1 saturated heterocycles. The molecule has 1 amide bonds. The van der Waals surface area contributed by atoms with Crippen molar-refractivity contribution in [3.8, 4) is 0 Å². The highest BCUT2D eigenvalue weighted by molar-refractivity contribution is 7.99. The van der Waals surface area contributed by atoms with Crippen LogP contribution in [0.3, 0.4) is 0 Å². The summed E-state index contributed by atoms with van der Waals surface area (Å²) in [6.07, 6.45) is 3.77. The zero-order chi connectivity index (χ0) is 18.5. The minimum atomic E-state index is -0.230. The van der Waals surface area contributed by atoms with Crippen LogP contribution in [-0.4, -0.2) is 32.1 Å². The van der Waals surface area contributed by atoms with Crippen LogP contribution in [0, 0.1) is 5.82 Å². The minimum absolute atomic E-state index is 0.137. The molecule has 0 bridgehead atoms. The van der Waals surface area contributed by atoms with E-state index in [-0.39, 0.29) is 17.0 Å². The largest absolute Gasteiger partial charge is 0.335 e. The highest BCUT2D eigenvalue weighted by Gasteiger charge is 2.21. The van der Waals surface area contributed by atoms with Crippen molar-refractivity contribution in [2.45, 2.75) is 63.0 Å². The predicted octanol–water partition coefficient (Wildman–Crippen LogP) is 4.19. The van der Waals surface area contributed by atoms with Crippen molar-refractivity contribution in [3.05, 3.63) is 41.5 Å². The van der Waals surface area contributed by atoms with Gasteiger partial charge in [0.25, 0.3) is 0 Å². The van der Waals surface area contributed by atoms with Gasteiger partial charge in [0.05, 0.1) is 6.54 Å². The van der Waals surface area contributed by atoms with Gasteiger partial charge in [-0.25, -0.2) is 4.39 Å². The Morgan fingerprint density at radius 3 is 2.69 bits per heavy atom. The Morgan fingerprint density at radius 1 is 1.19 bits per heavy atom. The molecular formula is C19H25FN4OS. The number of hydrogen-bond acceptors (Lipinski definition) is 4. The minimum Gasteiger partial charge on any atom is -0.335 e. The summed E-state index contributed by atoms with van der Waals surface area (Å²) in [5.74, 6) is 0.811. The van der Waals surface area contributed by atoms with E-state index in [2.05, 4.69) is 28.6 Å². The van der Waals surface area contributed by atoms with Crippen LogP contribution < -0.4 is 0 Å². The van der Waals surface area contributed by atoms with Gasteiger partial charge in [0, 0.05) is 24.8 Å². The summed E-state index contributed by atoms with van der Waals surface area (Å²) >= 11 is 1.60. The lowest BCUT2D eigenvalue weighted by Crippen LogP contribution is -2.31. The first-order valence-corrected chi connectivity index (χ1v) is 10.1. The molecule has 0 radical (unpaired) electrons. The number of rotatable bonds is 6. The third-order valence-corrected chi connectivity index (χ3v) is 5.87. The first-order valence-electron chi connectivity index (χ1n) is 9.20. The number of thioether (sulfide) groups is 1. The van der Waals surface area contributed by atoms with Crippen molar-refractivity contribution >= 4 is 17.7 Å². The monoisotopic (exact) mass is 376 g/mol. The van der Waals surface area contributed by atoms with E-state index in [1.807, 2.05) is 4.90 Å². The lowest BCUT2D eigenvalue weighted by Gasteiger charge is -2.20. The molecule has 0 N–H and O–H groups in total. The summed E-state index contributed by atoms with van der Waals surface area (Å²) in [5, 5.41) is 9.66. The van der Waals surface area contributed by atoms with Gasteiger partial charge in [-0.05, 0) is 44.4 Å². The number of nitrogens with zero attached hydrogens (tertiary/aromatic N) is 4. The highest BCUT2D eigenvalue weighted by Crippen LogP contribution is 2.34. The Morgan fingerprint density at radius 2 is 1.96 bits per heavy atom. The highest BCUT2D eigenvalue weighted by atomic mass is 32.2. The van der Waals surface area contributed by atoms with E-state index >= 15 is 0 Å². The number of amides is 1. The van der Waals surface area contributed by atoms with Crippen molar-refractivity contribution in [3.63, 3.8) is 0 Å². The predicted molar refractivity (Wildman–Crippen MR) is 100 cm³/mol. The van der Waals surface area contributed by atoms with Crippen LogP contribution in [0.25, 0.3) is 0 Å². The Labute approximate surface area is 158 Å². The molecule has 0 aliphatic carbocycles. The van der Waals surface area contributed by atoms with Gasteiger partial charge in [-0.2, -0.15) is 0 Å². The molecule has 1 unspecified atom stereocenters. The molecule has 1 aliphatic heterocycles. The summed E-state index contributed by atoms with van der Waals surface area (Å²) in [7, 11) is 0. The van der Waals surface area contributed by atoms with Crippen LogP contribution in [0.1, 0.15) is 56.2 Å². The van der Waals surface area contributed by atoms with Gasteiger partial charge in [0.2, 0.25) is 5.91 Å². The summed E-state index contributed by atoms with van der Waals surface area (Å²) < 4.78 is 15.2. The molecule has 0 saturated carbocycles. The fourth-order valence-electron chi connectivity index (χ4n) is 3.18. The van der Waals surface area contributed by atoms with Gasteiger partial charge in [-0.15, -0.1) is 10.2 Å². The molecule has 3 rings (SSSR count). The molecule has 2 aromatic rings. The summed E-state index contributed by atoms with van der Waals surface area (Å²) in [5.41, 5.74) is 1.05. The molecule has 7 heteroatoms. The number of likely N-dealkylation sites (tertiary alicyclic amines) is 1. The molecule has 1 aromatic carbocycles. The van der Waals surface area contributed by atoms with E-state index < -0.39 is 0 Å². The zero-order valence-electron chi connectivity index (χ0n) is 15.3. The van der Waals surface area contributed by atoms with Gasteiger partial charge < -0.3 is 9.47 Å². The number of hydrogen-bond donors (Lipinski definition) is 0. The van der Waals surface area contributed by atoms with Crippen molar-refractivity contribution in [1.82, 2.24) is 19.7 Å². The second kappa shape index (κ2) is 8.66. The third kappa shape index (κ3) is 4.44. The molecule has 0 spiro atoms. The van der Waals surface area contributed by atoms with Crippen molar-refractivity contribution in [2.24, 2.45) is 0 Å². The van der Waals surface area contributed by atoms with Crippen LogP contribution in [0.15, 0.2) is 29.4 Å². The van der Waals surface area contributed by atoms with Crippen LogP contribution >= 0.6 is 11.8 Å². The normalized spacial score (nSPS) is 16.6. The van der Waals surface area contributed by atoms with Gasteiger partial charge in [-0.3, -0.25) is 4.79 Å². The standard InChI is InChI=1S/C19H25FN4OS/c1-3-24-17(13-23-12-6-4-5-7-18(23)25)21-22-19(24)26-14(2)15-8-10-16(20)11-9-15/h8-11,14H,3-7,12-13H2,1-2H3. The van der Waals surface area contributed by atoms with Gasteiger partial charge in [0.15, 0.2) is 11.0 Å². The lowest BCUT2D eigenvalue weighted by atomic mass is 10.2. The Bertz CT molecular complexity index is 746. The molecule has 1 atom stereocenters. The number of aromatic nitrogens is 3. The van der Waals surface area contributed by atoms with Gasteiger partial charge in [0.1, 0.15) is 5.82 Å². The number of carbonyl (C=O) groups excluding carboxylic acids is 1. The number of halogens is 1. The average Bonchev–Trinajstić information content (AvgIpc) is 2.89.